The zero-order chi connectivity index (χ0) is 24.8. The average molecular weight is 470 g/mol. The highest BCUT2D eigenvalue weighted by atomic mass is 19.1. The average Bonchev–Trinajstić information content (AvgIpc) is 3.38. The third kappa shape index (κ3) is 3.63. The van der Waals surface area contributed by atoms with Crippen molar-refractivity contribution in [3.05, 3.63) is 53.4 Å². The maximum atomic E-state index is 15.8. The fraction of sp³-hybridized carbons (Fsp3) is 0.292. The van der Waals surface area contributed by atoms with Crippen LogP contribution in [0, 0.1) is 23.0 Å². The smallest absolute Gasteiger partial charge is 0.338 e. The highest BCUT2D eigenvalue weighted by Gasteiger charge is 2.35. The molecule has 0 fully saturated rings. The molecule has 0 unspecified atom stereocenters. The van der Waals surface area contributed by atoms with E-state index in [0.717, 1.165) is 0 Å². The molecule has 0 saturated carbocycles. The van der Waals surface area contributed by atoms with Crippen LogP contribution >= 0.6 is 0 Å². The minimum Gasteiger partial charge on any atom is -0.494 e. The SMILES string of the molecule is COc1cc(-n2c(C(C)(C)CC#N)c(C[C@H](F)C(=O)O)c3c(F)c4[nH]ncc4cc32)ccc1F. The number of fused-ring (bicyclic) bond motifs is 2. The van der Waals surface area contributed by atoms with Crippen molar-refractivity contribution < 1.29 is 27.8 Å². The summed E-state index contributed by atoms with van der Waals surface area (Å²) in [5.74, 6) is -3.08. The molecule has 7 nitrogen and oxygen atoms in total. The van der Waals surface area contributed by atoms with Gasteiger partial charge in [0, 0.05) is 46.5 Å². The molecule has 2 N–H and O–H groups in total. The summed E-state index contributed by atoms with van der Waals surface area (Å²) in [6.07, 6.45) is -1.54. The molecule has 1 atom stereocenters. The normalized spacial score (nSPS) is 12.7. The van der Waals surface area contributed by atoms with Crippen molar-refractivity contribution >= 4 is 27.8 Å². The maximum Gasteiger partial charge on any atom is 0.338 e. The summed E-state index contributed by atoms with van der Waals surface area (Å²) in [5.41, 5.74) is 0.264. The minimum absolute atomic E-state index is 0.00459. The van der Waals surface area contributed by atoms with Crippen LogP contribution in [-0.4, -0.2) is 39.1 Å². The number of alkyl halides is 1. The van der Waals surface area contributed by atoms with E-state index in [1.807, 2.05) is 0 Å². The van der Waals surface area contributed by atoms with Crippen LogP contribution in [0.4, 0.5) is 13.2 Å². The van der Waals surface area contributed by atoms with E-state index in [1.165, 1.54) is 31.5 Å². The fourth-order valence-corrected chi connectivity index (χ4v) is 4.39. The topological polar surface area (TPSA) is 104 Å². The summed E-state index contributed by atoms with van der Waals surface area (Å²) >= 11 is 0. The number of nitriles is 1. The largest absolute Gasteiger partial charge is 0.494 e. The lowest BCUT2D eigenvalue weighted by molar-refractivity contribution is -0.142. The van der Waals surface area contributed by atoms with Crippen molar-refractivity contribution in [3.8, 4) is 17.5 Å². The third-order valence-electron chi connectivity index (χ3n) is 5.91. The highest BCUT2D eigenvalue weighted by Crippen LogP contribution is 2.42. The van der Waals surface area contributed by atoms with Gasteiger partial charge in [-0.05, 0) is 23.8 Å². The van der Waals surface area contributed by atoms with Gasteiger partial charge < -0.3 is 14.4 Å². The van der Waals surface area contributed by atoms with Crippen molar-refractivity contribution in [2.45, 2.75) is 38.3 Å². The number of nitrogens with zero attached hydrogens (tertiary/aromatic N) is 3. The molecular formula is C24H21F3N4O3. The first kappa shape index (κ1) is 23.2. The van der Waals surface area contributed by atoms with Crippen LogP contribution in [0.2, 0.25) is 0 Å². The van der Waals surface area contributed by atoms with Gasteiger partial charge in [-0.25, -0.2) is 18.0 Å². The van der Waals surface area contributed by atoms with E-state index in [1.54, 1.807) is 24.5 Å². The number of carboxylic acids is 1. The number of H-pyrrole nitrogens is 1. The van der Waals surface area contributed by atoms with E-state index in [4.69, 9.17) is 4.74 Å². The van der Waals surface area contributed by atoms with Gasteiger partial charge in [0.15, 0.2) is 17.4 Å². The van der Waals surface area contributed by atoms with Gasteiger partial charge in [0.1, 0.15) is 5.52 Å². The molecule has 0 aliphatic rings. The number of hydrogen-bond donors (Lipinski definition) is 2. The van der Waals surface area contributed by atoms with Crippen LogP contribution < -0.4 is 4.74 Å². The summed E-state index contributed by atoms with van der Waals surface area (Å²) in [4.78, 5) is 11.4. The number of halogens is 3. The Balaban J connectivity index is 2.21. The Bertz CT molecular complexity index is 1470. The molecule has 2 heterocycles. The van der Waals surface area contributed by atoms with E-state index in [9.17, 15) is 23.9 Å². The maximum absolute atomic E-state index is 15.8. The molecule has 0 saturated heterocycles. The van der Waals surface area contributed by atoms with Crippen molar-refractivity contribution in [2.75, 3.05) is 7.11 Å². The summed E-state index contributed by atoms with van der Waals surface area (Å²) in [7, 11) is 1.30. The zero-order valence-corrected chi connectivity index (χ0v) is 18.6. The van der Waals surface area contributed by atoms with Gasteiger partial charge in [0.25, 0.3) is 0 Å². The number of benzene rings is 2. The molecular weight excluding hydrogens is 449 g/mol. The number of aromatic nitrogens is 3. The molecule has 0 bridgehead atoms. The van der Waals surface area contributed by atoms with Crippen LogP contribution in [0.3, 0.4) is 0 Å². The van der Waals surface area contributed by atoms with Gasteiger partial charge in [-0.3, -0.25) is 5.10 Å². The molecule has 0 aliphatic carbocycles. The Morgan fingerprint density at radius 1 is 1.35 bits per heavy atom. The van der Waals surface area contributed by atoms with E-state index in [0.29, 0.717) is 22.3 Å². The molecule has 0 radical (unpaired) electrons. The molecule has 2 aromatic carbocycles. The number of ether oxygens (including phenoxy) is 1. The monoisotopic (exact) mass is 470 g/mol. The highest BCUT2D eigenvalue weighted by molar-refractivity contribution is 6.00. The van der Waals surface area contributed by atoms with Crippen LogP contribution in [0.25, 0.3) is 27.5 Å². The Labute approximate surface area is 192 Å². The summed E-state index contributed by atoms with van der Waals surface area (Å²) in [5, 5.41) is 25.6. The van der Waals surface area contributed by atoms with E-state index < -0.39 is 35.6 Å². The molecule has 34 heavy (non-hydrogen) atoms. The third-order valence-corrected chi connectivity index (χ3v) is 5.91. The van der Waals surface area contributed by atoms with Crippen LogP contribution in [0.5, 0.6) is 5.75 Å². The molecule has 10 heteroatoms. The number of aliphatic carboxylic acids is 1. The van der Waals surface area contributed by atoms with Gasteiger partial charge in [-0.1, -0.05) is 13.8 Å². The standard InChI is InChI=1S/C24H21F3N4O3/c1-24(2,6-7-28)22-14(10-16(26)23(32)33)19-17(8-12-11-29-30-21(12)20(19)27)31(22)13-4-5-15(25)18(9-13)34-3/h4-5,8-9,11,16H,6,10H2,1-3H3,(H,29,30)(H,32,33)/t16-/m0/s1. The Kier molecular flexibility index (Phi) is 5.73. The summed E-state index contributed by atoms with van der Waals surface area (Å²) in [6.45, 7) is 3.45. The Morgan fingerprint density at radius 2 is 2.09 bits per heavy atom. The number of methoxy groups -OCH3 is 1. The molecule has 176 valence electrons. The molecule has 4 aromatic rings. The van der Waals surface area contributed by atoms with E-state index >= 15 is 4.39 Å². The lowest BCUT2D eigenvalue weighted by Crippen LogP contribution is -2.25. The molecule has 2 aromatic heterocycles. The lowest BCUT2D eigenvalue weighted by atomic mass is 9.82. The van der Waals surface area contributed by atoms with Crippen molar-refractivity contribution in [3.63, 3.8) is 0 Å². The van der Waals surface area contributed by atoms with Gasteiger partial charge >= 0.3 is 5.97 Å². The minimum atomic E-state index is -2.31. The molecule has 4 rings (SSSR count). The first-order valence-corrected chi connectivity index (χ1v) is 10.4. The molecule has 0 amide bonds. The fourth-order valence-electron chi connectivity index (χ4n) is 4.39. The first-order valence-electron chi connectivity index (χ1n) is 10.4. The first-order chi connectivity index (χ1) is 16.1. The second-order valence-corrected chi connectivity index (χ2v) is 8.63. The quantitative estimate of drug-likeness (QED) is 0.398. The van der Waals surface area contributed by atoms with Gasteiger partial charge in [-0.15, -0.1) is 0 Å². The second kappa shape index (κ2) is 8.41. The van der Waals surface area contributed by atoms with Gasteiger partial charge in [-0.2, -0.15) is 10.4 Å². The predicted molar refractivity (Wildman–Crippen MR) is 119 cm³/mol. The Morgan fingerprint density at radius 3 is 2.74 bits per heavy atom. The number of aromatic amines is 1. The van der Waals surface area contributed by atoms with Gasteiger partial charge in [0.05, 0.1) is 24.9 Å². The molecule has 0 spiro atoms. The molecule has 0 aliphatic heterocycles. The van der Waals surface area contributed by atoms with E-state index in [2.05, 4.69) is 16.3 Å². The summed E-state index contributed by atoms with van der Waals surface area (Å²) < 4.78 is 51.3. The second-order valence-electron chi connectivity index (χ2n) is 8.63. The van der Waals surface area contributed by atoms with Crippen LogP contribution in [-0.2, 0) is 16.6 Å². The van der Waals surface area contributed by atoms with Gasteiger partial charge in [0.2, 0.25) is 6.17 Å². The van der Waals surface area contributed by atoms with E-state index in [-0.39, 0.29) is 28.6 Å². The number of carboxylic acid groups (broad SMARTS) is 1. The summed E-state index contributed by atoms with van der Waals surface area (Å²) in [6, 6.07) is 7.77. The van der Waals surface area contributed by atoms with Crippen LogP contribution in [0.15, 0.2) is 30.5 Å². The lowest BCUT2D eigenvalue weighted by Gasteiger charge is -2.27. The van der Waals surface area contributed by atoms with Crippen molar-refractivity contribution in [1.29, 1.82) is 5.26 Å². The number of rotatable bonds is 7. The number of carbonyl (C=O) groups is 1. The van der Waals surface area contributed by atoms with Crippen molar-refractivity contribution in [1.82, 2.24) is 14.8 Å². The predicted octanol–water partition coefficient (Wildman–Crippen LogP) is 4.95. The Hall–Kier alpha value is -4.00. The van der Waals surface area contributed by atoms with Crippen LogP contribution in [0.1, 0.15) is 31.5 Å². The number of hydrogen-bond acceptors (Lipinski definition) is 4. The zero-order valence-electron chi connectivity index (χ0n) is 18.6. The number of nitrogens with one attached hydrogen (secondary N) is 1. The van der Waals surface area contributed by atoms with Crippen molar-refractivity contribution in [2.24, 2.45) is 0 Å².